The lowest BCUT2D eigenvalue weighted by Crippen LogP contribution is -2.59. The minimum Gasteiger partial charge on any atom is -0.379 e. The Kier molecular flexibility index (Phi) is 5.35. The molecule has 144 valence electrons. The fourth-order valence-electron chi connectivity index (χ4n) is 3.98. The van der Waals surface area contributed by atoms with Crippen molar-refractivity contribution < 1.29 is 18.7 Å². The molecule has 0 spiro atoms. The zero-order valence-electron chi connectivity index (χ0n) is 15.5. The highest BCUT2D eigenvalue weighted by molar-refractivity contribution is 5.86. The molecule has 2 fully saturated rings. The maximum Gasteiger partial charge on any atom is 0.256 e. The number of piperidine rings is 1. The van der Waals surface area contributed by atoms with Crippen molar-refractivity contribution in [2.75, 3.05) is 13.1 Å². The van der Waals surface area contributed by atoms with Crippen LogP contribution >= 0.6 is 0 Å². The number of likely N-dealkylation sites (tertiary alicyclic amines) is 1. The Morgan fingerprint density at radius 1 is 1.27 bits per heavy atom. The number of halogens is 2. The lowest BCUT2D eigenvalue weighted by molar-refractivity contribution is -0.157. The molecule has 1 saturated carbocycles. The Labute approximate surface area is 153 Å². The van der Waals surface area contributed by atoms with Gasteiger partial charge in [0, 0.05) is 30.7 Å². The Hall–Kier alpha value is -1.53. The number of hydrogen-bond donors (Lipinski definition) is 2. The first kappa shape index (κ1) is 19.2. The average Bonchev–Trinajstić information content (AvgIpc) is 3.34. The first-order valence-corrected chi connectivity index (χ1v) is 9.44. The van der Waals surface area contributed by atoms with E-state index in [2.05, 4.69) is 19.2 Å². The standard InChI is InChI=1S/C20H28F2N2O2/c1-14(2)11-19(8-9-19)23-13-20(26)7-4-10-24(18(20)25)12-15-5-3-6-16(21)17(15)22/h3,5-6,14,23,26H,4,7-13H2,1-2H3/t20-/m0/s1. The Balaban J connectivity index is 1.66. The van der Waals surface area contributed by atoms with Crippen molar-refractivity contribution in [2.45, 2.75) is 63.6 Å². The molecule has 1 aromatic rings. The second-order valence-corrected chi connectivity index (χ2v) is 8.31. The first-order chi connectivity index (χ1) is 12.2. The van der Waals surface area contributed by atoms with E-state index < -0.39 is 23.1 Å². The minimum atomic E-state index is -1.48. The van der Waals surface area contributed by atoms with Crippen molar-refractivity contribution in [3.8, 4) is 0 Å². The molecule has 0 unspecified atom stereocenters. The van der Waals surface area contributed by atoms with Crippen LogP contribution in [0.5, 0.6) is 0 Å². The SMILES string of the molecule is CC(C)CC1(NC[C@@]2(O)CCCN(Cc3cccc(F)c3F)C2=O)CC1. The van der Waals surface area contributed by atoms with Crippen LogP contribution in [0.25, 0.3) is 0 Å². The molecule has 26 heavy (non-hydrogen) atoms. The van der Waals surface area contributed by atoms with E-state index in [4.69, 9.17) is 0 Å². The quantitative estimate of drug-likeness (QED) is 0.780. The number of β-amino-alcohol motifs (C(OH)–C–C–N with tert-alkyl or cyclic N) is 1. The van der Waals surface area contributed by atoms with Gasteiger partial charge in [0.1, 0.15) is 0 Å². The molecule has 1 aliphatic carbocycles. The Morgan fingerprint density at radius 2 is 2.00 bits per heavy atom. The van der Waals surface area contributed by atoms with Gasteiger partial charge in [-0.3, -0.25) is 4.79 Å². The van der Waals surface area contributed by atoms with E-state index in [0.717, 1.165) is 25.3 Å². The van der Waals surface area contributed by atoms with Gasteiger partial charge in [-0.2, -0.15) is 0 Å². The highest BCUT2D eigenvalue weighted by atomic mass is 19.2. The molecule has 1 aliphatic heterocycles. The maximum absolute atomic E-state index is 13.9. The van der Waals surface area contributed by atoms with Gasteiger partial charge in [-0.1, -0.05) is 26.0 Å². The van der Waals surface area contributed by atoms with Gasteiger partial charge in [-0.25, -0.2) is 8.78 Å². The third-order valence-corrected chi connectivity index (χ3v) is 5.50. The number of rotatable bonds is 7. The van der Waals surface area contributed by atoms with E-state index in [1.165, 1.54) is 17.0 Å². The molecule has 2 N–H and O–H groups in total. The van der Waals surface area contributed by atoms with Crippen LogP contribution in [0.2, 0.25) is 0 Å². The number of amides is 1. The average molecular weight is 366 g/mol. The topological polar surface area (TPSA) is 52.6 Å². The van der Waals surface area contributed by atoms with Crippen molar-refractivity contribution in [2.24, 2.45) is 5.92 Å². The highest BCUT2D eigenvalue weighted by Gasteiger charge is 2.47. The van der Waals surface area contributed by atoms with E-state index in [0.29, 0.717) is 25.3 Å². The number of carbonyl (C=O) groups excluding carboxylic acids is 1. The van der Waals surface area contributed by atoms with E-state index >= 15 is 0 Å². The second kappa shape index (κ2) is 7.24. The predicted octanol–water partition coefficient (Wildman–Crippen LogP) is 2.99. The van der Waals surface area contributed by atoms with Crippen LogP contribution in [0.15, 0.2) is 18.2 Å². The number of carbonyl (C=O) groups is 1. The van der Waals surface area contributed by atoms with Crippen LogP contribution in [0.1, 0.15) is 51.5 Å². The molecule has 0 radical (unpaired) electrons. The molecule has 3 rings (SSSR count). The van der Waals surface area contributed by atoms with Crippen molar-refractivity contribution >= 4 is 5.91 Å². The molecular formula is C20H28F2N2O2. The molecule has 1 atom stereocenters. The summed E-state index contributed by atoms with van der Waals surface area (Å²) in [6.07, 6.45) is 4.17. The predicted molar refractivity (Wildman–Crippen MR) is 95.4 cm³/mol. The number of hydrogen-bond acceptors (Lipinski definition) is 3. The molecule has 0 bridgehead atoms. The van der Waals surface area contributed by atoms with Gasteiger partial charge < -0.3 is 15.3 Å². The highest BCUT2D eigenvalue weighted by Crippen LogP contribution is 2.41. The summed E-state index contributed by atoms with van der Waals surface area (Å²) < 4.78 is 27.3. The molecule has 1 saturated heterocycles. The van der Waals surface area contributed by atoms with Gasteiger partial charge in [-0.15, -0.1) is 0 Å². The number of nitrogens with one attached hydrogen (secondary N) is 1. The van der Waals surface area contributed by atoms with Crippen molar-refractivity contribution in [3.05, 3.63) is 35.4 Å². The maximum atomic E-state index is 13.9. The molecule has 1 amide bonds. The zero-order chi connectivity index (χ0) is 18.9. The molecule has 2 aliphatic rings. The summed E-state index contributed by atoms with van der Waals surface area (Å²) in [6, 6.07) is 3.96. The van der Waals surface area contributed by atoms with Crippen LogP contribution in [-0.4, -0.2) is 40.1 Å². The summed E-state index contributed by atoms with van der Waals surface area (Å²) in [4.78, 5) is 14.3. The molecule has 1 aromatic carbocycles. The lowest BCUT2D eigenvalue weighted by Gasteiger charge is -2.39. The Morgan fingerprint density at radius 3 is 2.65 bits per heavy atom. The summed E-state index contributed by atoms with van der Waals surface area (Å²) in [7, 11) is 0. The van der Waals surface area contributed by atoms with Crippen molar-refractivity contribution in [3.63, 3.8) is 0 Å². The lowest BCUT2D eigenvalue weighted by atomic mass is 9.90. The van der Waals surface area contributed by atoms with Crippen LogP contribution in [0, 0.1) is 17.6 Å². The van der Waals surface area contributed by atoms with E-state index in [-0.39, 0.29) is 24.2 Å². The minimum absolute atomic E-state index is 0.0259. The largest absolute Gasteiger partial charge is 0.379 e. The summed E-state index contributed by atoms with van der Waals surface area (Å²) in [6.45, 7) is 4.95. The van der Waals surface area contributed by atoms with E-state index in [1.807, 2.05) is 0 Å². The Bertz CT molecular complexity index is 676. The smallest absolute Gasteiger partial charge is 0.256 e. The molecular weight excluding hydrogens is 338 g/mol. The van der Waals surface area contributed by atoms with Gasteiger partial charge >= 0.3 is 0 Å². The van der Waals surface area contributed by atoms with Crippen molar-refractivity contribution in [1.29, 1.82) is 0 Å². The van der Waals surface area contributed by atoms with Crippen LogP contribution in [0.3, 0.4) is 0 Å². The van der Waals surface area contributed by atoms with Gasteiger partial charge in [0.05, 0.1) is 0 Å². The molecule has 1 heterocycles. The van der Waals surface area contributed by atoms with Crippen molar-refractivity contribution in [1.82, 2.24) is 10.2 Å². The normalized spacial score (nSPS) is 25.0. The number of aliphatic hydroxyl groups is 1. The molecule has 6 heteroatoms. The van der Waals surface area contributed by atoms with Gasteiger partial charge in [0.15, 0.2) is 17.2 Å². The van der Waals surface area contributed by atoms with Gasteiger partial charge in [-0.05, 0) is 44.1 Å². The third kappa shape index (κ3) is 4.07. The summed E-state index contributed by atoms with van der Waals surface area (Å²) in [5, 5.41) is 14.3. The fraction of sp³-hybridized carbons (Fsp3) is 0.650. The monoisotopic (exact) mass is 366 g/mol. The van der Waals surface area contributed by atoms with E-state index in [9.17, 15) is 18.7 Å². The van der Waals surface area contributed by atoms with Gasteiger partial charge in [0.2, 0.25) is 0 Å². The summed E-state index contributed by atoms with van der Waals surface area (Å²) >= 11 is 0. The van der Waals surface area contributed by atoms with Crippen LogP contribution < -0.4 is 5.32 Å². The van der Waals surface area contributed by atoms with Crippen LogP contribution in [-0.2, 0) is 11.3 Å². The summed E-state index contributed by atoms with van der Waals surface area (Å²) in [5.74, 6) is -1.70. The summed E-state index contributed by atoms with van der Waals surface area (Å²) in [5.41, 5.74) is -1.30. The molecule has 4 nitrogen and oxygen atoms in total. The zero-order valence-corrected chi connectivity index (χ0v) is 15.5. The van der Waals surface area contributed by atoms with E-state index in [1.54, 1.807) is 0 Å². The van der Waals surface area contributed by atoms with Gasteiger partial charge in [0.25, 0.3) is 5.91 Å². The van der Waals surface area contributed by atoms with Crippen LogP contribution in [0.4, 0.5) is 8.78 Å². The fourth-order valence-corrected chi connectivity index (χ4v) is 3.98. The number of benzene rings is 1. The second-order valence-electron chi connectivity index (χ2n) is 8.31. The third-order valence-electron chi connectivity index (χ3n) is 5.50. The number of nitrogens with zero attached hydrogens (tertiary/aromatic N) is 1. The molecule has 0 aromatic heterocycles. The first-order valence-electron chi connectivity index (χ1n) is 9.44.